The maximum absolute atomic E-state index is 13.0. The van der Waals surface area contributed by atoms with Gasteiger partial charge in [0.25, 0.3) is 5.91 Å². The lowest BCUT2D eigenvalue weighted by atomic mass is 10.0. The molecule has 1 fully saturated rings. The fourth-order valence-corrected chi connectivity index (χ4v) is 5.36. The molecular weight excluding hydrogens is 504 g/mol. The summed E-state index contributed by atoms with van der Waals surface area (Å²) in [5.41, 5.74) is -0.827. The molecule has 0 bridgehead atoms. The predicted molar refractivity (Wildman–Crippen MR) is 124 cm³/mol. The normalized spacial score (nSPS) is 15.5. The number of nitrogens with one attached hydrogen (secondary N) is 1. The maximum atomic E-state index is 13.0. The van der Waals surface area contributed by atoms with Gasteiger partial charge in [0.1, 0.15) is 12.1 Å². The van der Waals surface area contributed by atoms with Gasteiger partial charge < -0.3 is 14.6 Å². The molecule has 35 heavy (non-hydrogen) atoms. The van der Waals surface area contributed by atoms with Crippen LogP contribution in [0.3, 0.4) is 0 Å². The van der Waals surface area contributed by atoms with Gasteiger partial charge in [-0.25, -0.2) is 23.4 Å². The first-order valence-electron chi connectivity index (χ1n) is 10.2. The van der Waals surface area contributed by atoms with Gasteiger partial charge >= 0.3 is 5.57 Å². The second kappa shape index (κ2) is 8.54. The molecule has 3 heterocycles. The first-order chi connectivity index (χ1) is 16.6. The van der Waals surface area contributed by atoms with Gasteiger partial charge in [-0.1, -0.05) is 0 Å². The second-order valence-electron chi connectivity index (χ2n) is 7.93. The van der Waals surface area contributed by atoms with Crippen LogP contribution >= 0.6 is 11.6 Å². The summed E-state index contributed by atoms with van der Waals surface area (Å²) in [5.74, 6) is -0.608. The van der Waals surface area contributed by atoms with E-state index in [0.717, 1.165) is 0 Å². The summed E-state index contributed by atoms with van der Waals surface area (Å²) in [6, 6.07) is 8.26. The van der Waals surface area contributed by atoms with Gasteiger partial charge in [0.05, 0.1) is 34.9 Å². The zero-order chi connectivity index (χ0) is 24.8. The van der Waals surface area contributed by atoms with Crippen molar-refractivity contribution in [1.82, 2.24) is 19.5 Å². The highest BCUT2D eigenvalue weighted by molar-refractivity contribution is 7.92. The number of hydrogen-bond donors (Lipinski definition) is 1. The van der Waals surface area contributed by atoms with Crippen molar-refractivity contribution in [2.24, 2.45) is 0 Å². The van der Waals surface area contributed by atoms with Crippen LogP contribution in [0.5, 0.6) is 5.75 Å². The topological polar surface area (TPSA) is 116 Å². The lowest BCUT2D eigenvalue weighted by Gasteiger charge is -2.28. The molecule has 0 unspecified atom stereocenters. The SMILES string of the molecule is O=C(Nc1ccc(OC(F)(F)Cl)cc1)c1cc(-c2cncnc2)c2c(c1)ncn2C1CS(=O)(=O)C1. The van der Waals surface area contributed by atoms with E-state index in [1.54, 1.807) is 35.4 Å². The monoisotopic (exact) mass is 519 g/mol. The number of benzene rings is 2. The standard InChI is InChI=1S/C22H16ClF2N5O4S/c23-22(24,25)34-17-3-1-15(2-4-17)29-21(31)13-5-18(14-7-26-11-27-8-14)20-19(6-13)28-12-30(20)16-9-35(32,33)10-16/h1-8,11-12,16H,9-10H2,(H,29,31). The quantitative estimate of drug-likeness (QED) is 0.384. The molecule has 0 spiro atoms. The summed E-state index contributed by atoms with van der Waals surface area (Å²) >= 11 is 4.76. The zero-order valence-corrected chi connectivity index (χ0v) is 19.3. The van der Waals surface area contributed by atoms with Gasteiger partial charge in [0.2, 0.25) is 0 Å². The van der Waals surface area contributed by atoms with E-state index in [2.05, 4.69) is 25.0 Å². The summed E-state index contributed by atoms with van der Waals surface area (Å²) in [6.45, 7) is 0. The molecule has 2 aromatic carbocycles. The lowest BCUT2D eigenvalue weighted by molar-refractivity contribution is -0.0964. The molecule has 4 aromatic rings. The molecule has 13 heteroatoms. The van der Waals surface area contributed by atoms with E-state index in [0.29, 0.717) is 27.8 Å². The van der Waals surface area contributed by atoms with Crippen molar-refractivity contribution in [3.8, 4) is 16.9 Å². The number of carbonyl (C=O) groups is 1. The molecule has 0 radical (unpaired) electrons. The molecule has 180 valence electrons. The molecule has 9 nitrogen and oxygen atoms in total. The third kappa shape index (κ3) is 4.93. The van der Waals surface area contributed by atoms with Crippen molar-refractivity contribution in [1.29, 1.82) is 0 Å². The zero-order valence-electron chi connectivity index (χ0n) is 17.7. The van der Waals surface area contributed by atoms with Crippen molar-refractivity contribution in [2.45, 2.75) is 11.6 Å². The molecule has 1 aliphatic rings. The van der Waals surface area contributed by atoms with Crippen LogP contribution in [0, 0.1) is 0 Å². The van der Waals surface area contributed by atoms with E-state index in [1.165, 1.54) is 30.6 Å². The fraction of sp³-hybridized carbons (Fsp3) is 0.182. The molecule has 5 rings (SSSR count). The average Bonchev–Trinajstić information content (AvgIpc) is 3.21. The second-order valence-corrected chi connectivity index (χ2v) is 10.5. The van der Waals surface area contributed by atoms with Crippen molar-refractivity contribution in [3.05, 3.63) is 67.0 Å². The minimum atomic E-state index is -3.84. The largest absolute Gasteiger partial charge is 0.487 e. The summed E-state index contributed by atoms with van der Waals surface area (Å²) in [7, 11) is -3.07. The number of anilines is 1. The number of fused-ring (bicyclic) bond motifs is 1. The van der Waals surface area contributed by atoms with Crippen molar-refractivity contribution in [2.75, 3.05) is 16.8 Å². The Kier molecular flexibility index (Phi) is 5.64. The molecule has 2 aromatic heterocycles. The Morgan fingerprint density at radius 2 is 1.83 bits per heavy atom. The molecule has 1 saturated heterocycles. The summed E-state index contributed by atoms with van der Waals surface area (Å²) in [5, 5.41) is 2.69. The van der Waals surface area contributed by atoms with Crippen molar-refractivity contribution < 1.29 is 26.7 Å². The smallest absolute Gasteiger partial charge is 0.420 e. The van der Waals surface area contributed by atoms with Crippen LogP contribution in [0.2, 0.25) is 0 Å². The van der Waals surface area contributed by atoms with Gasteiger partial charge in [0.15, 0.2) is 9.84 Å². The third-order valence-corrected chi connectivity index (χ3v) is 7.30. The highest BCUT2D eigenvalue weighted by Crippen LogP contribution is 2.34. The number of nitrogens with zero attached hydrogens (tertiary/aromatic N) is 4. The Balaban J connectivity index is 1.48. The molecule has 0 atom stereocenters. The fourth-order valence-electron chi connectivity index (χ4n) is 3.88. The Labute approximate surface area is 202 Å². The lowest BCUT2D eigenvalue weighted by Crippen LogP contribution is -2.37. The highest BCUT2D eigenvalue weighted by Gasteiger charge is 2.36. The number of ether oxygens (including phenoxy) is 1. The van der Waals surface area contributed by atoms with Crippen molar-refractivity contribution >= 4 is 44.1 Å². The average molecular weight is 520 g/mol. The number of aromatic nitrogens is 4. The highest BCUT2D eigenvalue weighted by atomic mass is 35.5. The van der Waals surface area contributed by atoms with Crippen LogP contribution in [0.4, 0.5) is 14.5 Å². The van der Waals surface area contributed by atoms with E-state index >= 15 is 0 Å². The van der Waals surface area contributed by atoms with Gasteiger partial charge in [-0.2, -0.15) is 0 Å². The first kappa shape index (κ1) is 23.1. The number of rotatable bonds is 6. The number of alkyl halides is 3. The molecule has 0 saturated carbocycles. The Morgan fingerprint density at radius 1 is 1.14 bits per heavy atom. The number of amides is 1. The summed E-state index contributed by atoms with van der Waals surface area (Å²) < 4.78 is 55.1. The molecular formula is C22H16ClF2N5O4S. The van der Waals surface area contributed by atoms with E-state index < -0.39 is 21.3 Å². The van der Waals surface area contributed by atoms with Crippen LogP contribution in [-0.4, -0.2) is 50.9 Å². The number of halogens is 3. The maximum Gasteiger partial charge on any atom is 0.487 e. The summed E-state index contributed by atoms with van der Waals surface area (Å²) in [4.78, 5) is 25.5. The van der Waals surface area contributed by atoms with Crippen LogP contribution in [0.1, 0.15) is 16.4 Å². The minimum absolute atomic E-state index is 0.0147. The van der Waals surface area contributed by atoms with E-state index in [4.69, 9.17) is 11.6 Å². The van der Waals surface area contributed by atoms with Gasteiger partial charge in [0, 0.05) is 46.4 Å². The molecule has 0 aliphatic carbocycles. The predicted octanol–water partition coefficient (Wildman–Crippen LogP) is 3.88. The van der Waals surface area contributed by atoms with Crippen molar-refractivity contribution in [3.63, 3.8) is 0 Å². The van der Waals surface area contributed by atoms with Crippen LogP contribution in [0.25, 0.3) is 22.2 Å². The van der Waals surface area contributed by atoms with Gasteiger partial charge in [-0.15, -0.1) is 8.78 Å². The number of carbonyl (C=O) groups excluding carboxylic acids is 1. The molecule has 1 amide bonds. The van der Waals surface area contributed by atoms with E-state index in [1.807, 2.05) is 0 Å². The van der Waals surface area contributed by atoms with Crippen LogP contribution in [-0.2, 0) is 9.84 Å². The Morgan fingerprint density at radius 3 is 2.46 bits per heavy atom. The van der Waals surface area contributed by atoms with Gasteiger partial charge in [-0.3, -0.25) is 4.79 Å². The number of imidazole rings is 1. The molecule has 1 N–H and O–H groups in total. The summed E-state index contributed by atoms with van der Waals surface area (Å²) in [6.07, 6.45) is 6.11. The Bertz CT molecular complexity index is 1510. The minimum Gasteiger partial charge on any atom is -0.420 e. The van der Waals surface area contributed by atoms with E-state index in [-0.39, 0.29) is 28.9 Å². The number of hydrogen-bond acceptors (Lipinski definition) is 7. The van der Waals surface area contributed by atoms with E-state index in [9.17, 15) is 22.0 Å². The first-order valence-corrected chi connectivity index (χ1v) is 12.4. The van der Waals surface area contributed by atoms with Crippen LogP contribution in [0.15, 0.2) is 61.4 Å². The third-order valence-electron chi connectivity index (χ3n) is 5.43. The van der Waals surface area contributed by atoms with Gasteiger partial charge in [-0.05, 0) is 36.4 Å². The Hall–Kier alpha value is -3.64. The molecule has 1 aliphatic heterocycles. The number of sulfone groups is 1. The van der Waals surface area contributed by atoms with Crippen LogP contribution < -0.4 is 10.1 Å².